The maximum absolute atomic E-state index is 4.00. The second-order valence-electron chi connectivity index (χ2n) is 10.7. The molecule has 0 saturated carbocycles. The second kappa shape index (κ2) is 6.83. The van der Waals surface area contributed by atoms with Crippen molar-refractivity contribution in [3.8, 4) is 0 Å². The van der Waals surface area contributed by atoms with Crippen molar-refractivity contribution in [2.24, 2.45) is 28.6 Å². The molecule has 0 aromatic rings. The van der Waals surface area contributed by atoms with E-state index in [2.05, 4.69) is 95.3 Å². The summed E-state index contributed by atoms with van der Waals surface area (Å²) in [6, 6.07) is 0. The Morgan fingerprint density at radius 2 is 1.14 bits per heavy atom. The van der Waals surface area contributed by atoms with Crippen LogP contribution in [0, 0.1) is 28.6 Å². The zero-order valence-corrected chi connectivity index (χ0v) is 17.9. The van der Waals surface area contributed by atoms with Crippen LogP contribution in [-0.2, 0) is 0 Å². The zero-order valence-electron chi connectivity index (χ0n) is 17.9. The highest BCUT2D eigenvalue weighted by atomic mass is 15.1. The predicted octanol–water partition coefficient (Wildman–Crippen LogP) is 6.52. The number of hydrogen-bond acceptors (Lipinski definition) is 1. The molecule has 0 aliphatic rings. The Hall–Kier alpha value is -0.0400. The Labute approximate surface area is 142 Å². The third kappa shape index (κ3) is 5.25. The monoisotopic (exact) mass is 311 g/mol. The Morgan fingerprint density at radius 3 is 1.45 bits per heavy atom. The van der Waals surface area contributed by atoms with E-state index in [9.17, 15) is 0 Å². The van der Waals surface area contributed by atoms with Crippen molar-refractivity contribution in [1.82, 2.24) is 5.32 Å². The molecular weight excluding hydrogens is 266 g/mol. The molecule has 1 heteroatoms. The molecule has 0 spiro atoms. The summed E-state index contributed by atoms with van der Waals surface area (Å²) >= 11 is 0. The molecule has 134 valence electrons. The van der Waals surface area contributed by atoms with Crippen molar-refractivity contribution in [3.05, 3.63) is 0 Å². The third-order valence-electron chi connectivity index (χ3n) is 6.84. The molecule has 0 fully saturated rings. The summed E-state index contributed by atoms with van der Waals surface area (Å²) in [6.45, 7) is 30.9. The second-order valence-corrected chi connectivity index (χ2v) is 10.7. The standard InChI is InChI=1S/C21H45N/c1-15(2)17(5)18(6,7)14-19(8,9)22-21(12,13)20(10,11)16(3)4/h15-17,22H,14H2,1-13H3. The Bertz CT molecular complexity index is 345. The van der Waals surface area contributed by atoms with Crippen molar-refractivity contribution in [2.75, 3.05) is 0 Å². The van der Waals surface area contributed by atoms with Crippen molar-refractivity contribution >= 4 is 0 Å². The molecule has 1 unspecified atom stereocenters. The largest absolute Gasteiger partial charge is 0.306 e. The van der Waals surface area contributed by atoms with E-state index in [1.54, 1.807) is 0 Å². The van der Waals surface area contributed by atoms with E-state index >= 15 is 0 Å². The lowest BCUT2D eigenvalue weighted by atomic mass is 9.64. The van der Waals surface area contributed by atoms with Crippen molar-refractivity contribution in [3.63, 3.8) is 0 Å². The van der Waals surface area contributed by atoms with Gasteiger partial charge in [0.1, 0.15) is 0 Å². The van der Waals surface area contributed by atoms with Crippen LogP contribution in [0.5, 0.6) is 0 Å². The minimum Gasteiger partial charge on any atom is -0.306 e. The molecule has 0 amide bonds. The van der Waals surface area contributed by atoms with Gasteiger partial charge in [0.25, 0.3) is 0 Å². The van der Waals surface area contributed by atoms with Gasteiger partial charge in [0.2, 0.25) is 0 Å². The Balaban J connectivity index is 5.19. The molecule has 0 aliphatic heterocycles. The smallest absolute Gasteiger partial charge is 0.0183 e. The summed E-state index contributed by atoms with van der Waals surface area (Å²) in [5, 5.41) is 4.00. The van der Waals surface area contributed by atoms with Gasteiger partial charge in [-0.05, 0) is 62.7 Å². The van der Waals surface area contributed by atoms with E-state index in [4.69, 9.17) is 0 Å². The highest BCUT2D eigenvalue weighted by Crippen LogP contribution is 2.43. The van der Waals surface area contributed by atoms with E-state index < -0.39 is 0 Å². The Kier molecular flexibility index (Phi) is 6.82. The average Bonchev–Trinajstić information content (AvgIpc) is 2.23. The SMILES string of the molecule is CC(C)C(C)C(C)(C)CC(C)(C)NC(C)(C)C(C)(C)C(C)C. The first-order valence-electron chi connectivity index (χ1n) is 9.25. The lowest BCUT2D eigenvalue weighted by Gasteiger charge is -2.51. The zero-order chi connectivity index (χ0) is 18.1. The van der Waals surface area contributed by atoms with Crippen LogP contribution in [0.2, 0.25) is 0 Å². The molecule has 0 heterocycles. The highest BCUT2D eigenvalue weighted by Gasteiger charge is 2.44. The third-order valence-corrected chi connectivity index (χ3v) is 6.84. The van der Waals surface area contributed by atoms with Gasteiger partial charge in [-0.2, -0.15) is 0 Å². The average molecular weight is 312 g/mol. The highest BCUT2D eigenvalue weighted by molar-refractivity contribution is 5.00. The summed E-state index contributed by atoms with van der Waals surface area (Å²) < 4.78 is 0. The lowest BCUT2D eigenvalue weighted by molar-refractivity contribution is 0.0425. The lowest BCUT2D eigenvalue weighted by Crippen LogP contribution is -2.61. The van der Waals surface area contributed by atoms with Gasteiger partial charge in [-0.1, -0.05) is 62.3 Å². The molecule has 1 atom stereocenters. The van der Waals surface area contributed by atoms with Gasteiger partial charge < -0.3 is 5.32 Å². The fraction of sp³-hybridized carbons (Fsp3) is 1.00. The summed E-state index contributed by atoms with van der Waals surface area (Å²) in [5.74, 6) is 2.09. The number of rotatable bonds is 8. The van der Waals surface area contributed by atoms with Gasteiger partial charge in [-0.15, -0.1) is 0 Å². The van der Waals surface area contributed by atoms with Gasteiger partial charge in [-0.25, -0.2) is 0 Å². The summed E-state index contributed by atoms with van der Waals surface area (Å²) in [7, 11) is 0. The van der Waals surface area contributed by atoms with Crippen LogP contribution < -0.4 is 5.32 Å². The molecule has 1 N–H and O–H groups in total. The fourth-order valence-electron chi connectivity index (χ4n) is 3.98. The van der Waals surface area contributed by atoms with Gasteiger partial charge in [0.15, 0.2) is 0 Å². The van der Waals surface area contributed by atoms with Crippen LogP contribution in [0.15, 0.2) is 0 Å². The molecule has 0 aromatic heterocycles. The van der Waals surface area contributed by atoms with Gasteiger partial charge >= 0.3 is 0 Å². The van der Waals surface area contributed by atoms with Crippen molar-refractivity contribution in [1.29, 1.82) is 0 Å². The quantitative estimate of drug-likeness (QED) is 0.537. The maximum Gasteiger partial charge on any atom is 0.0183 e. The normalized spacial score (nSPS) is 16.5. The predicted molar refractivity (Wildman–Crippen MR) is 102 cm³/mol. The van der Waals surface area contributed by atoms with Gasteiger partial charge in [0, 0.05) is 11.1 Å². The first kappa shape index (κ1) is 22.0. The fourth-order valence-corrected chi connectivity index (χ4v) is 3.98. The van der Waals surface area contributed by atoms with E-state index in [1.807, 2.05) is 0 Å². The van der Waals surface area contributed by atoms with Crippen LogP contribution in [0.1, 0.15) is 96.4 Å². The minimum atomic E-state index is 0.0990. The molecule has 0 rings (SSSR count). The summed E-state index contributed by atoms with van der Waals surface area (Å²) in [4.78, 5) is 0. The van der Waals surface area contributed by atoms with Crippen LogP contribution >= 0.6 is 0 Å². The molecular formula is C21H45N. The van der Waals surface area contributed by atoms with Crippen LogP contribution in [0.3, 0.4) is 0 Å². The molecule has 22 heavy (non-hydrogen) atoms. The molecule has 0 radical (unpaired) electrons. The molecule has 1 nitrogen and oxygen atoms in total. The number of hydrogen-bond donors (Lipinski definition) is 1. The van der Waals surface area contributed by atoms with E-state index in [-0.39, 0.29) is 16.5 Å². The minimum absolute atomic E-state index is 0.0990. The van der Waals surface area contributed by atoms with Crippen molar-refractivity contribution in [2.45, 2.75) is 108 Å². The number of nitrogens with one attached hydrogen (secondary N) is 1. The van der Waals surface area contributed by atoms with Gasteiger partial charge in [0.05, 0.1) is 0 Å². The topological polar surface area (TPSA) is 12.0 Å². The van der Waals surface area contributed by atoms with Crippen LogP contribution in [0.4, 0.5) is 0 Å². The Morgan fingerprint density at radius 1 is 0.727 bits per heavy atom. The van der Waals surface area contributed by atoms with Crippen LogP contribution in [0.25, 0.3) is 0 Å². The first-order valence-corrected chi connectivity index (χ1v) is 9.25. The summed E-state index contributed by atoms with van der Waals surface area (Å²) in [5.41, 5.74) is 0.810. The van der Waals surface area contributed by atoms with E-state index in [0.29, 0.717) is 11.3 Å². The molecule has 0 saturated heterocycles. The van der Waals surface area contributed by atoms with E-state index in [0.717, 1.165) is 11.8 Å². The van der Waals surface area contributed by atoms with Crippen LogP contribution in [-0.4, -0.2) is 11.1 Å². The first-order chi connectivity index (χ1) is 9.46. The maximum atomic E-state index is 4.00. The van der Waals surface area contributed by atoms with Crippen molar-refractivity contribution < 1.29 is 0 Å². The van der Waals surface area contributed by atoms with E-state index in [1.165, 1.54) is 6.42 Å². The summed E-state index contributed by atoms with van der Waals surface area (Å²) in [6.07, 6.45) is 1.19. The van der Waals surface area contributed by atoms with Gasteiger partial charge in [-0.3, -0.25) is 0 Å². The molecule has 0 aromatic carbocycles. The molecule has 0 aliphatic carbocycles. The molecule has 0 bridgehead atoms.